The summed E-state index contributed by atoms with van der Waals surface area (Å²) in [4.78, 5) is 2.65. The lowest BCUT2D eigenvalue weighted by Gasteiger charge is -2.43. The summed E-state index contributed by atoms with van der Waals surface area (Å²) >= 11 is 0. The second-order valence-corrected chi connectivity index (χ2v) is 6.34. The molecule has 3 unspecified atom stereocenters. The summed E-state index contributed by atoms with van der Waals surface area (Å²) in [6.45, 7) is 4.56. The van der Waals surface area contributed by atoms with Crippen LogP contribution < -0.4 is 5.32 Å². The van der Waals surface area contributed by atoms with Crippen molar-refractivity contribution in [3.63, 3.8) is 0 Å². The van der Waals surface area contributed by atoms with Crippen LogP contribution in [-0.4, -0.2) is 24.5 Å². The van der Waals surface area contributed by atoms with Gasteiger partial charge in [-0.2, -0.15) is 0 Å². The second-order valence-electron chi connectivity index (χ2n) is 6.34. The molecule has 1 N–H and O–H groups in total. The molecule has 0 radical (unpaired) electrons. The van der Waals surface area contributed by atoms with E-state index in [2.05, 4.69) is 48.5 Å². The van der Waals surface area contributed by atoms with Crippen molar-refractivity contribution in [2.75, 3.05) is 13.6 Å². The van der Waals surface area contributed by atoms with Crippen LogP contribution in [0.15, 0.2) is 24.3 Å². The monoisotopic (exact) mass is 258 g/mol. The summed E-state index contributed by atoms with van der Waals surface area (Å²) in [6, 6.07) is 10.3. The molecule has 1 heterocycles. The minimum Gasteiger partial charge on any atom is -0.311 e. The molecule has 0 saturated heterocycles. The maximum atomic E-state index is 3.58. The standard InChI is InChI=1S/C17H26N2/c1-13-7-3-6-10-16(13)19(2)17-12-18-11-14-8-4-5-9-15(14)17/h4-5,8-9,13,16-18H,3,6-7,10-12H2,1-2H3. The fourth-order valence-corrected chi connectivity index (χ4v) is 3.97. The van der Waals surface area contributed by atoms with E-state index in [0.29, 0.717) is 6.04 Å². The van der Waals surface area contributed by atoms with Gasteiger partial charge in [-0.15, -0.1) is 0 Å². The molecule has 0 bridgehead atoms. The summed E-state index contributed by atoms with van der Waals surface area (Å²) in [6.07, 6.45) is 5.60. The molecular weight excluding hydrogens is 232 g/mol. The first-order valence-electron chi connectivity index (χ1n) is 7.78. The Morgan fingerprint density at radius 1 is 1.16 bits per heavy atom. The molecule has 2 aliphatic rings. The molecule has 1 aliphatic carbocycles. The SMILES string of the molecule is CC1CCCCC1N(C)C1CNCc2ccccc21. The lowest BCUT2D eigenvalue weighted by atomic mass is 9.83. The van der Waals surface area contributed by atoms with Gasteiger partial charge in [-0.25, -0.2) is 0 Å². The minimum absolute atomic E-state index is 0.551. The third kappa shape index (κ3) is 2.56. The summed E-state index contributed by atoms with van der Waals surface area (Å²) in [7, 11) is 2.33. The van der Waals surface area contributed by atoms with Gasteiger partial charge in [0.2, 0.25) is 0 Å². The summed E-state index contributed by atoms with van der Waals surface area (Å²) in [5, 5.41) is 3.58. The van der Waals surface area contributed by atoms with Crippen molar-refractivity contribution >= 4 is 0 Å². The Hall–Kier alpha value is -0.860. The molecule has 2 heteroatoms. The highest BCUT2D eigenvalue weighted by Crippen LogP contribution is 2.34. The van der Waals surface area contributed by atoms with Gasteiger partial charge >= 0.3 is 0 Å². The van der Waals surface area contributed by atoms with E-state index in [1.54, 1.807) is 5.56 Å². The molecule has 19 heavy (non-hydrogen) atoms. The number of fused-ring (bicyclic) bond motifs is 1. The molecule has 2 nitrogen and oxygen atoms in total. The first kappa shape index (κ1) is 13.1. The Balaban J connectivity index is 1.82. The maximum Gasteiger partial charge on any atom is 0.0476 e. The van der Waals surface area contributed by atoms with E-state index in [4.69, 9.17) is 0 Å². The van der Waals surface area contributed by atoms with Crippen molar-refractivity contribution in [3.8, 4) is 0 Å². The minimum atomic E-state index is 0.551. The lowest BCUT2D eigenvalue weighted by Crippen LogP contribution is -2.46. The Kier molecular flexibility index (Phi) is 3.90. The van der Waals surface area contributed by atoms with Gasteiger partial charge < -0.3 is 5.32 Å². The van der Waals surface area contributed by atoms with Gasteiger partial charge in [0.25, 0.3) is 0 Å². The van der Waals surface area contributed by atoms with Gasteiger partial charge in [0.15, 0.2) is 0 Å². The molecule has 1 saturated carbocycles. The largest absolute Gasteiger partial charge is 0.311 e. The number of nitrogens with zero attached hydrogens (tertiary/aromatic N) is 1. The van der Waals surface area contributed by atoms with E-state index in [9.17, 15) is 0 Å². The highest BCUT2D eigenvalue weighted by Gasteiger charge is 2.31. The molecule has 1 aromatic carbocycles. The van der Waals surface area contributed by atoms with Crippen LogP contribution in [0.2, 0.25) is 0 Å². The smallest absolute Gasteiger partial charge is 0.0476 e. The van der Waals surface area contributed by atoms with Gasteiger partial charge in [0, 0.05) is 25.2 Å². The van der Waals surface area contributed by atoms with Gasteiger partial charge in [-0.3, -0.25) is 4.90 Å². The second kappa shape index (κ2) is 5.64. The fourth-order valence-electron chi connectivity index (χ4n) is 3.97. The van der Waals surface area contributed by atoms with Crippen LogP contribution in [0.1, 0.15) is 49.8 Å². The number of rotatable bonds is 2. The zero-order valence-electron chi connectivity index (χ0n) is 12.2. The molecule has 0 aromatic heterocycles. The van der Waals surface area contributed by atoms with Gasteiger partial charge in [-0.05, 0) is 36.9 Å². The van der Waals surface area contributed by atoms with Crippen molar-refractivity contribution in [2.24, 2.45) is 5.92 Å². The van der Waals surface area contributed by atoms with Crippen molar-refractivity contribution in [2.45, 2.75) is 51.2 Å². The molecule has 3 atom stereocenters. The quantitative estimate of drug-likeness (QED) is 0.875. The van der Waals surface area contributed by atoms with E-state index in [1.165, 1.54) is 31.2 Å². The van der Waals surface area contributed by atoms with Crippen LogP contribution in [0.4, 0.5) is 0 Å². The number of benzene rings is 1. The molecule has 1 fully saturated rings. The van der Waals surface area contributed by atoms with Crippen LogP contribution in [0, 0.1) is 5.92 Å². The van der Waals surface area contributed by atoms with Crippen molar-refractivity contribution in [1.29, 1.82) is 0 Å². The molecule has 1 aromatic rings. The molecule has 3 rings (SSSR count). The zero-order valence-corrected chi connectivity index (χ0v) is 12.2. The van der Waals surface area contributed by atoms with Crippen LogP contribution in [-0.2, 0) is 6.54 Å². The van der Waals surface area contributed by atoms with E-state index in [1.807, 2.05) is 0 Å². The summed E-state index contributed by atoms with van der Waals surface area (Å²) in [5.41, 5.74) is 3.02. The van der Waals surface area contributed by atoms with Gasteiger partial charge in [-0.1, -0.05) is 44.0 Å². The van der Waals surface area contributed by atoms with Crippen molar-refractivity contribution in [1.82, 2.24) is 10.2 Å². The summed E-state index contributed by atoms with van der Waals surface area (Å²) < 4.78 is 0. The highest BCUT2D eigenvalue weighted by atomic mass is 15.2. The van der Waals surface area contributed by atoms with Crippen LogP contribution in [0.3, 0.4) is 0 Å². The Morgan fingerprint density at radius 3 is 2.79 bits per heavy atom. The zero-order chi connectivity index (χ0) is 13.2. The average molecular weight is 258 g/mol. The van der Waals surface area contributed by atoms with E-state index in [0.717, 1.165) is 25.0 Å². The van der Waals surface area contributed by atoms with Crippen molar-refractivity contribution < 1.29 is 0 Å². The van der Waals surface area contributed by atoms with Crippen LogP contribution in [0.25, 0.3) is 0 Å². The van der Waals surface area contributed by atoms with E-state index in [-0.39, 0.29) is 0 Å². The Bertz CT molecular complexity index is 429. The van der Waals surface area contributed by atoms with Crippen molar-refractivity contribution in [3.05, 3.63) is 35.4 Å². The maximum absolute atomic E-state index is 3.58. The first-order valence-corrected chi connectivity index (χ1v) is 7.78. The van der Waals surface area contributed by atoms with E-state index >= 15 is 0 Å². The Morgan fingerprint density at radius 2 is 1.95 bits per heavy atom. The molecule has 0 spiro atoms. The number of hydrogen-bond acceptors (Lipinski definition) is 2. The fraction of sp³-hybridized carbons (Fsp3) is 0.647. The number of likely N-dealkylation sites (N-methyl/N-ethyl adjacent to an activating group) is 1. The molecule has 1 aliphatic heterocycles. The third-order valence-electron chi connectivity index (χ3n) is 5.15. The molecule has 104 valence electrons. The first-order chi connectivity index (χ1) is 9.27. The lowest BCUT2D eigenvalue weighted by molar-refractivity contribution is 0.0915. The highest BCUT2D eigenvalue weighted by molar-refractivity contribution is 5.32. The molecule has 0 amide bonds. The van der Waals surface area contributed by atoms with Crippen LogP contribution in [0.5, 0.6) is 0 Å². The van der Waals surface area contributed by atoms with E-state index < -0.39 is 0 Å². The van der Waals surface area contributed by atoms with Crippen LogP contribution >= 0.6 is 0 Å². The van der Waals surface area contributed by atoms with Gasteiger partial charge in [0.05, 0.1) is 0 Å². The number of hydrogen-bond donors (Lipinski definition) is 1. The predicted molar refractivity (Wildman–Crippen MR) is 80.1 cm³/mol. The predicted octanol–water partition coefficient (Wildman–Crippen LogP) is 3.34. The number of nitrogens with one attached hydrogen (secondary N) is 1. The molecular formula is C17H26N2. The topological polar surface area (TPSA) is 15.3 Å². The Labute approximate surface area is 117 Å². The average Bonchev–Trinajstić information content (AvgIpc) is 2.46. The third-order valence-corrected chi connectivity index (χ3v) is 5.15. The summed E-state index contributed by atoms with van der Waals surface area (Å²) in [5.74, 6) is 0.841. The normalized spacial score (nSPS) is 31.2. The van der Waals surface area contributed by atoms with Gasteiger partial charge in [0.1, 0.15) is 0 Å².